The van der Waals surface area contributed by atoms with E-state index in [0.29, 0.717) is 19.0 Å². The third-order valence-corrected chi connectivity index (χ3v) is 4.10. The summed E-state index contributed by atoms with van der Waals surface area (Å²) in [6, 6.07) is 6.77. The summed E-state index contributed by atoms with van der Waals surface area (Å²) in [5, 5.41) is 16.1. The van der Waals surface area contributed by atoms with Crippen molar-refractivity contribution in [2.24, 2.45) is 4.99 Å². The third-order valence-electron chi connectivity index (χ3n) is 4.10. The van der Waals surface area contributed by atoms with Crippen LogP contribution in [0.4, 0.5) is 13.2 Å². The van der Waals surface area contributed by atoms with E-state index >= 15 is 0 Å². The van der Waals surface area contributed by atoms with Crippen LogP contribution in [0.5, 0.6) is 5.75 Å². The third kappa shape index (κ3) is 7.51. The molecule has 0 spiro atoms. The Morgan fingerprint density at radius 3 is 2.65 bits per heavy atom. The molecule has 1 saturated carbocycles. The highest BCUT2D eigenvalue weighted by Gasteiger charge is 2.28. The maximum Gasteiger partial charge on any atom is 0.422 e. The van der Waals surface area contributed by atoms with Gasteiger partial charge in [0, 0.05) is 12.6 Å². The molecule has 0 bridgehead atoms. The fourth-order valence-electron chi connectivity index (χ4n) is 2.80. The molecule has 146 valence electrons. The molecule has 0 amide bonds. The first-order valence-corrected chi connectivity index (χ1v) is 8.87. The first kappa shape index (κ1) is 20.4. The second kappa shape index (κ2) is 9.66. The van der Waals surface area contributed by atoms with E-state index in [1.54, 1.807) is 18.2 Å². The molecule has 1 aromatic carbocycles. The first-order valence-electron chi connectivity index (χ1n) is 8.87. The highest BCUT2D eigenvalue weighted by atomic mass is 19.4. The van der Waals surface area contributed by atoms with Gasteiger partial charge in [-0.05, 0) is 50.3 Å². The maximum atomic E-state index is 12.2. The summed E-state index contributed by atoms with van der Waals surface area (Å²) in [5.74, 6) is 0.838. The summed E-state index contributed by atoms with van der Waals surface area (Å²) >= 11 is 0. The lowest BCUT2D eigenvalue weighted by Crippen LogP contribution is -2.45. The molecule has 0 unspecified atom stereocenters. The SMILES string of the molecule is CCNC(=NCc1cccc(OCC(F)(F)F)c1)NC1CCC(O)CC1. The Hall–Kier alpha value is -1.96. The Bertz CT molecular complexity index is 585. The van der Waals surface area contributed by atoms with E-state index in [1.165, 1.54) is 6.07 Å². The zero-order valence-electron chi connectivity index (χ0n) is 14.9. The number of aliphatic imine (C=N–C) groups is 1. The van der Waals surface area contributed by atoms with E-state index in [4.69, 9.17) is 4.74 Å². The summed E-state index contributed by atoms with van der Waals surface area (Å²) in [7, 11) is 0. The van der Waals surface area contributed by atoms with Crippen molar-refractivity contribution in [2.45, 2.75) is 57.5 Å². The minimum atomic E-state index is -4.36. The molecular formula is C18H26F3N3O2. The highest BCUT2D eigenvalue weighted by molar-refractivity contribution is 5.80. The van der Waals surface area contributed by atoms with Gasteiger partial charge in [-0.3, -0.25) is 0 Å². The molecule has 1 aliphatic rings. The number of nitrogens with one attached hydrogen (secondary N) is 2. The number of hydrogen-bond donors (Lipinski definition) is 3. The minimum absolute atomic E-state index is 0.175. The smallest absolute Gasteiger partial charge is 0.422 e. The molecule has 2 rings (SSSR count). The van der Waals surface area contributed by atoms with E-state index in [1.807, 2.05) is 6.92 Å². The van der Waals surface area contributed by atoms with Crippen LogP contribution in [-0.2, 0) is 6.54 Å². The summed E-state index contributed by atoms with van der Waals surface area (Å²) < 4.78 is 41.5. The molecule has 0 atom stereocenters. The predicted octanol–water partition coefficient (Wildman–Crippen LogP) is 2.99. The van der Waals surface area contributed by atoms with Gasteiger partial charge in [0.05, 0.1) is 12.6 Å². The van der Waals surface area contributed by atoms with Gasteiger partial charge in [-0.15, -0.1) is 0 Å². The zero-order valence-corrected chi connectivity index (χ0v) is 14.9. The molecule has 0 radical (unpaired) electrons. The number of aliphatic hydroxyl groups is 1. The monoisotopic (exact) mass is 373 g/mol. The number of ether oxygens (including phenoxy) is 1. The van der Waals surface area contributed by atoms with Crippen molar-refractivity contribution in [3.8, 4) is 5.75 Å². The number of benzene rings is 1. The van der Waals surface area contributed by atoms with Crippen LogP contribution in [0.1, 0.15) is 38.2 Å². The Balaban J connectivity index is 1.93. The van der Waals surface area contributed by atoms with Gasteiger partial charge in [0.2, 0.25) is 0 Å². The van der Waals surface area contributed by atoms with E-state index < -0.39 is 12.8 Å². The topological polar surface area (TPSA) is 65.9 Å². The number of aliphatic hydroxyl groups excluding tert-OH is 1. The van der Waals surface area contributed by atoms with Gasteiger partial charge < -0.3 is 20.5 Å². The quantitative estimate of drug-likeness (QED) is 0.530. The van der Waals surface area contributed by atoms with Crippen molar-refractivity contribution in [2.75, 3.05) is 13.2 Å². The molecule has 8 heteroatoms. The summed E-state index contributed by atoms with van der Waals surface area (Å²) in [6.45, 7) is 1.69. The van der Waals surface area contributed by atoms with E-state index in [0.717, 1.165) is 31.2 Å². The number of rotatable bonds is 6. The standard InChI is InChI=1S/C18H26F3N3O2/c1-2-22-17(24-14-6-8-15(25)9-7-14)23-11-13-4-3-5-16(10-13)26-12-18(19,20)21/h3-5,10,14-15,25H,2,6-9,11-12H2,1H3,(H2,22,23,24). The number of guanidine groups is 1. The second-order valence-corrected chi connectivity index (χ2v) is 6.40. The molecule has 5 nitrogen and oxygen atoms in total. The lowest BCUT2D eigenvalue weighted by Gasteiger charge is -2.27. The number of alkyl halides is 3. The molecule has 0 aromatic heterocycles. The van der Waals surface area contributed by atoms with Crippen molar-refractivity contribution < 1.29 is 23.0 Å². The average molecular weight is 373 g/mol. The van der Waals surface area contributed by atoms with Gasteiger partial charge >= 0.3 is 6.18 Å². The molecule has 0 saturated heterocycles. The normalized spacial score (nSPS) is 21.3. The predicted molar refractivity (Wildman–Crippen MR) is 94.2 cm³/mol. The van der Waals surface area contributed by atoms with Gasteiger partial charge in [0.15, 0.2) is 12.6 Å². The van der Waals surface area contributed by atoms with Gasteiger partial charge in [-0.2, -0.15) is 13.2 Å². The Morgan fingerprint density at radius 2 is 2.00 bits per heavy atom. The lowest BCUT2D eigenvalue weighted by atomic mass is 9.93. The van der Waals surface area contributed by atoms with E-state index in [9.17, 15) is 18.3 Å². The molecule has 3 N–H and O–H groups in total. The molecule has 1 aliphatic carbocycles. The number of halogens is 3. The fraction of sp³-hybridized carbons (Fsp3) is 0.611. The van der Waals surface area contributed by atoms with Crippen molar-refractivity contribution in [3.63, 3.8) is 0 Å². The van der Waals surface area contributed by atoms with Gasteiger partial charge in [0.1, 0.15) is 5.75 Å². The van der Waals surface area contributed by atoms with Crippen LogP contribution in [0, 0.1) is 0 Å². The molecule has 0 heterocycles. The summed E-state index contributed by atoms with van der Waals surface area (Å²) in [6.07, 6.45) is -1.26. The summed E-state index contributed by atoms with van der Waals surface area (Å²) in [4.78, 5) is 4.50. The van der Waals surface area contributed by atoms with Crippen LogP contribution in [0.25, 0.3) is 0 Å². The number of nitrogens with zero attached hydrogens (tertiary/aromatic N) is 1. The van der Waals surface area contributed by atoms with Crippen molar-refractivity contribution in [3.05, 3.63) is 29.8 Å². The largest absolute Gasteiger partial charge is 0.484 e. The van der Waals surface area contributed by atoms with Crippen LogP contribution >= 0.6 is 0 Å². The Kier molecular flexibility index (Phi) is 7.56. The van der Waals surface area contributed by atoms with E-state index in [-0.39, 0.29) is 17.9 Å². The van der Waals surface area contributed by atoms with Crippen molar-refractivity contribution in [1.82, 2.24) is 10.6 Å². The lowest BCUT2D eigenvalue weighted by molar-refractivity contribution is -0.153. The minimum Gasteiger partial charge on any atom is -0.484 e. The van der Waals surface area contributed by atoms with Crippen LogP contribution in [0.2, 0.25) is 0 Å². The summed E-state index contributed by atoms with van der Waals surface area (Å²) in [5.41, 5.74) is 0.765. The maximum absolute atomic E-state index is 12.2. The average Bonchev–Trinajstić information content (AvgIpc) is 2.60. The highest BCUT2D eigenvalue weighted by Crippen LogP contribution is 2.20. The fourth-order valence-corrected chi connectivity index (χ4v) is 2.80. The molecular weight excluding hydrogens is 347 g/mol. The van der Waals surface area contributed by atoms with Crippen LogP contribution in [0.3, 0.4) is 0 Å². The van der Waals surface area contributed by atoms with Gasteiger partial charge in [-0.1, -0.05) is 12.1 Å². The van der Waals surface area contributed by atoms with Gasteiger partial charge in [-0.25, -0.2) is 4.99 Å². The van der Waals surface area contributed by atoms with E-state index in [2.05, 4.69) is 15.6 Å². The van der Waals surface area contributed by atoms with Crippen molar-refractivity contribution in [1.29, 1.82) is 0 Å². The molecule has 26 heavy (non-hydrogen) atoms. The van der Waals surface area contributed by atoms with Crippen molar-refractivity contribution >= 4 is 5.96 Å². The zero-order chi connectivity index (χ0) is 19.0. The molecule has 0 aliphatic heterocycles. The number of hydrogen-bond acceptors (Lipinski definition) is 3. The second-order valence-electron chi connectivity index (χ2n) is 6.40. The molecule has 1 fully saturated rings. The Labute approximate surface area is 151 Å². The van der Waals surface area contributed by atoms with Crippen LogP contribution in [-0.4, -0.2) is 42.5 Å². The van der Waals surface area contributed by atoms with Gasteiger partial charge in [0.25, 0.3) is 0 Å². The molecule has 1 aromatic rings. The first-order chi connectivity index (χ1) is 12.4. The van der Waals surface area contributed by atoms with Crippen LogP contribution < -0.4 is 15.4 Å². The Morgan fingerprint density at radius 1 is 1.27 bits per heavy atom. The van der Waals surface area contributed by atoms with Crippen LogP contribution in [0.15, 0.2) is 29.3 Å².